The number of nitrogens with one attached hydrogen (secondary N) is 1. The molecule has 0 heterocycles. The molecule has 2 nitrogen and oxygen atoms in total. The van der Waals surface area contributed by atoms with Crippen molar-refractivity contribution in [2.75, 3.05) is 33.2 Å². The quantitative estimate of drug-likeness (QED) is 0.571. The minimum Gasteiger partial charge on any atom is -0.317 e. The molecule has 0 aromatic heterocycles. The Morgan fingerprint density at radius 3 is 2.64 bits per heavy atom. The van der Waals surface area contributed by atoms with Crippen molar-refractivity contribution in [3.63, 3.8) is 0 Å². The van der Waals surface area contributed by atoms with Crippen LogP contribution in [0.5, 0.6) is 0 Å². The summed E-state index contributed by atoms with van der Waals surface area (Å²) in [5.74, 6) is 1.04. The van der Waals surface area contributed by atoms with Crippen LogP contribution in [-0.4, -0.2) is 38.1 Å². The van der Waals surface area contributed by atoms with Crippen molar-refractivity contribution >= 4 is 0 Å². The highest BCUT2D eigenvalue weighted by Crippen LogP contribution is 2.29. The number of unbranched alkanes of at least 4 members (excludes halogenated alkanes) is 2. The molecule has 0 saturated heterocycles. The number of hydrogen-bond acceptors (Lipinski definition) is 2. The molecule has 0 aromatic carbocycles. The van der Waals surface area contributed by atoms with Gasteiger partial charge in [-0.05, 0) is 58.3 Å². The SMILES string of the molecule is CCNCCCCCN(C)CC1CC1. The van der Waals surface area contributed by atoms with Crippen molar-refractivity contribution in [1.82, 2.24) is 10.2 Å². The van der Waals surface area contributed by atoms with Crippen LogP contribution in [0.1, 0.15) is 39.0 Å². The van der Waals surface area contributed by atoms with Gasteiger partial charge in [-0.1, -0.05) is 13.3 Å². The molecule has 1 aliphatic carbocycles. The average Bonchev–Trinajstić information content (AvgIpc) is 2.95. The molecule has 1 fully saturated rings. The van der Waals surface area contributed by atoms with Gasteiger partial charge in [0.25, 0.3) is 0 Å². The van der Waals surface area contributed by atoms with E-state index in [1.54, 1.807) is 0 Å². The summed E-state index contributed by atoms with van der Waals surface area (Å²) in [5, 5.41) is 3.36. The van der Waals surface area contributed by atoms with Crippen molar-refractivity contribution in [3.8, 4) is 0 Å². The lowest BCUT2D eigenvalue weighted by Crippen LogP contribution is -2.22. The second-order valence-electron chi connectivity index (χ2n) is 4.62. The van der Waals surface area contributed by atoms with Crippen LogP contribution in [0.2, 0.25) is 0 Å². The maximum atomic E-state index is 3.36. The molecule has 1 N–H and O–H groups in total. The Balaban J connectivity index is 1.77. The van der Waals surface area contributed by atoms with Gasteiger partial charge >= 0.3 is 0 Å². The highest BCUT2D eigenvalue weighted by atomic mass is 15.1. The van der Waals surface area contributed by atoms with Crippen molar-refractivity contribution in [2.24, 2.45) is 5.92 Å². The van der Waals surface area contributed by atoms with E-state index in [1.807, 2.05) is 0 Å². The molecule has 2 heteroatoms. The Bertz CT molecular complexity index is 132. The zero-order chi connectivity index (χ0) is 10.2. The van der Waals surface area contributed by atoms with Gasteiger partial charge < -0.3 is 10.2 Å². The summed E-state index contributed by atoms with van der Waals surface area (Å²) in [7, 11) is 2.27. The van der Waals surface area contributed by atoms with E-state index < -0.39 is 0 Å². The average molecular weight is 198 g/mol. The van der Waals surface area contributed by atoms with E-state index in [2.05, 4.69) is 24.2 Å². The van der Waals surface area contributed by atoms with Gasteiger partial charge in [0, 0.05) is 6.54 Å². The zero-order valence-corrected chi connectivity index (χ0v) is 9.89. The molecule has 1 rings (SSSR count). The highest BCUT2D eigenvalue weighted by molar-refractivity contribution is 4.75. The fraction of sp³-hybridized carbons (Fsp3) is 1.00. The molecular formula is C12H26N2. The largest absolute Gasteiger partial charge is 0.317 e. The van der Waals surface area contributed by atoms with Crippen LogP contribution < -0.4 is 5.32 Å². The van der Waals surface area contributed by atoms with Crippen LogP contribution >= 0.6 is 0 Å². The first-order valence-corrected chi connectivity index (χ1v) is 6.22. The summed E-state index contributed by atoms with van der Waals surface area (Å²) < 4.78 is 0. The first kappa shape index (κ1) is 12.0. The Morgan fingerprint density at radius 2 is 2.00 bits per heavy atom. The van der Waals surface area contributed by atoms with Gasteiger partial charge in [-0.2, -0.15) is 0 Å². The third-order valence-electron chi connectivity index (χ3n) is 2.91. The van der Waals surface area contributed by atoms with E-state index in [4.69, 9.17) is 0 Å². The summed E-state index contributed by atoms with van der Waals surface area (Å²) in [6, 6.07) is 0. The van der Waals surface area contributed by atoms with Gasteiger partial charge in [-0.25, -0.2) is 0 Å². The van der Waals surface area contributed by atoms with E-state index in [0.717, 1.165) is 12.5 Å². The minimum atomic E-state index is 1.04. The summed E-state index contributed by atoms with van der Waals surface area (Å²) in [5.41, 5.74) is 0. The van der Waals surface area contributed by atoms with Crippen LogP contribution in [0, 0.1) is 5.92 Å². The zero-order valence-electron chi connectivity index (χ0n) is 9.89. The maximum absolute atomic E-state index is 3.36. The second-order valence-corrected chi connectivity index (χ2v) is 4.62. The second kappa shape index (κ2) is 7.24. The summed E-state index contributed by atoms with van der Waals surface area (Å²) >= 11 is 0. The molecule has 14 heavy (non-hydrogen) atoms. The lowest BCUT2D eigenvalue weighted by atomic mass is 10.2. The molecule has 1 saturated carbocycles. The smallest absolute Gasteiger partial charge is 0.000661 e. The lowest BCUT2D eigenvalue weighted by molar-refractivity contribution is 0.311. The van der Waals surface area contributed by atoms with Crippen molar-refractivity contribution in [3.05, 3.63) is 0 Å². The summed E-state index contributed by atoms with van der Waals surface area (Å²) in [4.78, 5) is 2.50. The topological polar surface area (TPSA) is 15.3 Å². The van der Waals surface area contributed by atoms with E-state index in [1.165, 1.54) is 51.7 Å². The van der Waals surface area contributed by atoms with Gasteiger partial charge in [-0.15, -0.1) is 0 Å². The third kappa shape index (κ3) is 6.39. The maximum Gasteiger partial charge on any atom is 0.000661 e. The van der Waals surface area contributed by atoms with Gasteiger partial charge in [0.2, 0.25) is 0 Å². The Labute approximate surface area is 89.1 Å². The molecule has 0 bridgehead atoms. The molecule has 0 radical (unpaired) electrons. The van der Waals surface area contributed by atoms with Gasteiger partial charge in [0.15, 0.2) is 0 Å². The van der Waals surface area contributed by atoms with E-state index in [9.17, 15) is 0 Å². The first-order valence-electron chi connectivity index (χ1n) is 6.22. The Hall–Kier alpha value is -0.0800. The van der Waals surface area contributed by atoms with Gasteiger partial charge in [-0.3, -0.25) is 0 Å². The van der Waals surface area contributed by atoms with Crippen molar-refractivity contribution in [1.29, 1.82) is 0 Å². The van der Waals surface area contributed by atoms with E-state index in [0.29, 0.717) is 0 Å². The normalized spacial score (nSPS) is 16.5. The molecule has 0 aromatic rings. The fourth-order valence-corrected chi connectivity index (χ4v) is 1.82. The summed E-state index contributed by atoms with van der Waals surface area (Å²) in [6.45, 7) is 7.11. The molecule has 0 atom stereocenters. The van der Waals surface area contributed by atoms with Crippen LogP contribution in [0.15, 0.2) is 0 Å². The molecule has 84 valence electrons. The fourth-order valence-electron chi connectivity index (χ4n) is 1.82. The number of hydrogen-bond donors (Lipinski definition) is 1. The standard InChI is InChI=1S/C12H26N2/c1-3-13-9-5-4-6-10-14(2)11-12-7-8-12/h12-13H,3-11H2,1-2H3. The van der Waals surface area contributed by atoms with Crippen LogP contribution in [0.4, 0.5) is 0 Å². The van der Waals surface area contributed by atoms with Gasteiger partial charge in [0.1, 0.15) is 0 Å². The monoisotopic (exact) mass is 198 g/mol. The van der Waals surface area contributed by atoms with Crippen LogP contribution in [-0.2, 0) is 0 Å². The van der Waals surface area contributed by atoms with Crippen molar-refractivity contribution < 1.29 is 0 Å². The molecule has 1 aliphatic rings. The third-order valence-corrected chi connectivity index (χ3v) is 2.91. The minimum absolute atomic E-state index is 1.04. The molecule has 0 unspecified atom stereocenters. The van der Waals surface area contributed by atoms with Crippen LogP contribution in [0.3, 0.4) is 0 Å². The molecule has 0 spiro atoms. The highest BCUT2D eigenvalue weighted by Gasteiger charge is 2.22. The number of rotatable bonds is 9. The van der Waals surface area contributed by atoms with E-state index in [-0.39, 0.29) is 0 Å². The summed E-state index contributed by atoms with van der Waals surface area (Å²) in [6.07, 6.45) is 7.04. The molecule has 0 aliphatic heterocycles. The molecule has 0 amide bonds. The first-order chi connectivity index (χ1) is 6.83. The lowest BCUT2D eigenvalue weighted by Gasteiger charge is -2.15. The van der Waals surface area contributed by atoms with Gasteiger partial charge in [0.05, 0.1) is 0 Å². The Morgan fingerprint density at radius 1 is 1.21 bits per heavy atom. The molecular weight excluding hydrogens is 172 g/mol. The van der Waals surface area contributed by atoms with E-state index >= 15 is 0 Å². The predicted molar refractivity (Wildman–Crippen MR) is 62.6 cm³/mol. The predicted octanol–water partition coefficient (Wildman–Crippen LogP) is 2.11. The van der Waals surface area contributed by atoms with Crippen molar-refractivity contribution in [2.45, 2.75) is 39.0 Å². The Kier molecular flexibility index (Phi) is 6.20. The number of nitrogens with zero attached hydrogens (tertiary/aromatic N) is 1. The van der Waals surface area contributed by atoms with Crippen LogP contribution in [0.25, 0.3) is 0 Å².